The van der Waals surface area contributed by atoms with Crippen LogP contribution in [0.4, 0.5) is 4.79 Å². The molecule has 286 valence electrons. The number of allylic oxidation sites excluding steroid dienone is 2. The zero-order valence-corrected chi connectivity index (χ0v) is 30.9. The Bertz CT molecular complexity index is 1870. The van der Waals surface area contributed by atoms with E-state index in [0.29, 0.717) is 18.4 Å². The Labute approximate surface area is 322 Å². The highest BCUT2D eigenvalue weighted by atomic mass is 16.6. The molecule has 4 aromatic rings. The van der Waals surface area contributed by atoms with Crippen molar-refractivity contribution < 1.29 is 33.8 Å². The van der Waals surface area contributed by atoms with Gasteiger partial charge >= 0.3 is 12.1 Å². The smallest absolute Gasteiger partial charge is 0.407 e. The summed E-state index contributed by atoms with van der Waals surface area (Å²) in [5, 5.41) is 18.4. The van der Waals surface area contributed by atoms with Gasteiger partial charge in [-0.25, -0.2) is 9.59 Å². The van der Waals surface area contributed by atoms with Crippen LogP contribution in [0.25, 0.3) is 11.1 Å². The molecule has 0 saturated carbocycles. The summed E-state index contributed by atoms with van der Waals surface area (Å²) >= 11 is 0. The average molecular weight is 744 g/mol. The minimum atomic E-state index is -1.03. The second-order valence-electron chi connectivity index (χ2n) is 13.6. The van der Waals surface area contributed by atoms with Gasteiger partial charge in [0.05, 0.1) is 24.6 Å². The molecule has 10 nitrogen and oxygen atoms in total. The van der Waals surface area contributed by atoms with Gasteiger partial charge in [0, 0.05) is 12.3 Å². The molecule has 1 aliphatic carbocycles. The second-order valence-corrected chi connectivity index (χ2v) is 13.6. The summed E-state index contributed by atoms with van der Waals surface area (Å²) in [7, 11) is 0. The van der Waals surface area contributed by atoms with Crippen LogP contribution in [0.1, 0.15) is 59.9 Å². The Morgan fingerprint density at radius 3 is 1.98 bits per heavy atom. The van der Waals surface area contributed by atoms with Gasteiger partial charge in [-0.2, -0.15) is 0 Å². The minimum absolute atomic E-state index is 0.0861. The summed E-state index contributed by atoms with van der Waals surface area (Å²) in [4.78, 5) is 53.4. The van der Waals surface area contributed by atoms with E-state index in [-0.39, 0.29) is 50.9 Å². The molecule has 0 saturated heterocycles. The highest BCUT2D eigenvalue weighted by Gasteiger charge is 2.31. The molecule has 4 N–H and O–H groups in total. The molecule has 0 aliphatic heterocycles. The fraction of sp³-hybridized carbons (Fsp3) is 0.289. The number of hydrogen-bond donors (Lipinski definition) is 4. The molecule has 5 rings (SSSR count). The normalized spacial score (nSPS) is 13.8. The van der Waals surface area contributed by atoms with E-state index in [1.54, 1.807) is 36.4 Å². The lowest BCUT2D eigenvalue weighted by Gasteiger charge is -2.24. The number of fused-ring (bicyclic) bond motifs is 3. The summed E-state index contributed by atoms with van der Waals surface area (Å²) < 4.78 is 11.4. The van der Waals surface area contributed by atoms with Gasteiger partial charge in [0.25, 0.3) is 0 Å². The lowest BCUT2D eigenvalue weighted by molar-refractivity contribution is -0.147. The first kappa shape index (κ1) is 40.2. The van der Waals surface area contributed by atoms with Crippen LogP contribution < -0.4 is 16.0 Å². The van der Waals surface area contributed by atoms with Crippen molar-refractivity contribution in [3.8, 4) is 11.1 Å². The van der Waals surface area contributed by atoms with Crippen molar-refractivity contribution in [2.24, 2.45) is 5.92 Å². The number of nitrogens with one attached hydrogen (secondary N) is 3. The first-order valence-electron chi connectivity index (χ1n) is 18.6. The monoisotopic (exact) mass is 743 g/mol. The highest BCUT2D eigenvalue weighted by Crippen LogP contribution is 2.44. The summed E-state index contributed by atoms with van der Waals surface area (Å²) in [6.07, 6.45) is 3.63. The van der Waals surface area contributed by atoms with Crippen LogP contribution in [0.5, 0.6) is 0 Å². The number of amides is 3. The molecule has 0 bridgehead atoms. The van der Waals surface area contributed by atoms with E-state index in [2.05, 4.69) is 41.2 Å². The van der Waals surface area contributed by atoms with Crippen molar-refractivity contribution in [3.63, 3.8) is 0 Å². The number of carbonyl (C=O) groups is 4. The molecule has 0 spiro atoms. The van der Waals surface area contributed by atoms with Gasteiger partial charge in [0.2, 0.25) is 11.8 Å². The van der Waals surface area contributed by atoms with Crippen LogP contribution in [-0.4, -0.2) is 60.9 Å². The van der Waals surface area contributed by atoms with Gasteiger partial charge in [-0.1, -0.05) is 121 Å². The third-order valence-corrected chi connectivity index (χ3v) is 9.65. The molecule has 4 atom stereocenters. The predicted molar refractivity (Wildman–Crippen MR) is 212 cm³/mol. The van der Waals surface area contributed by atoms with Crippen LogP contribution in [0, 0.1) is 5.92 Å². The molecule has 0 unspecified atom stereocenters. The van der Waals surface area contributed by atoms with E-state index in [0.717, 1.165) is 27.8 Å². The van der Waals surface area contributed by atoms with E-state index >= 15 is 0 Å². The molecule has 0 fully saturated rings. The highest BCUT2D eigenvalue weighted by molar-refractivity contribution is 5.86. The van der Waals surface area contributed by atoms with Crippen LogP contribution in [-0.2, 0) is 30.3 Å². The molecule has 4 aromatic carbocycles. The summed E-state index contributed by atoms with van der Waals surface area (Å²) in [5.74, 6) is -2.42. The van der Waals surface area contributed by atoms with Crippen molar-refractivity contribution in [1.82, 2.24) is 16.0 Å². The van der Waals surface area contributed by atoms with Gasteiger partial charge in [-0.3, -0.25) is 9.59 Å². The summed E-state index contributed by atoms with van der Waals surface area (Å²) in [5.41, 5.74) is 5.99. The topological polar surface area (TPSA) is 143 Å². The zero-order valence-electron chi connectivity index (χ0n) is 30.9. The first-order chi connectivity index (χ1) is 26.8. The third-order valence-electron chi connectivity index (χ3n) is 9.65. The van der Waals surface area contributed by atoms with Crippen molar-refractivity contribution >= 4 is 23.9 Å². The number of ether oxygens (including phenoxy) is 2. The third kappa shape index (κ3) is 11.3. The fourth-order valence-electron chi connectivity index (χ4n) is 6.83. The van der Waals surface area contributed by atoms with Crippen LogP contribution >= 0.6 is 0 Å². The zero-order chi connectivity index (χ0) is 39.0. The van der Waals surface area contributed by atoms with Crippen molar-refractivity contribution in [2.45, 2.75) is 56.1 Å². The van der Waals surface area contributed by atoms with Gasteiger partial charge in [-0.15, -0.1) is 13.2 Å². The van der Waals surface area contributed by atoms with E-state index in [1.807, 2.05) is 72.8 Å². The number of hydrogen-bond acceptors (Lipinski definition) is 7. The van der Waals surface area contributed by atoms with E-state index in [1.165, 1.54) is 0 Å². The molecule has 1 aliphatic rings. The Balaban J connectivity index is 1.20. The lowest BCUT2D eigenvalue weighted by atomic mass is 9.97. The van der Waals surface area contributed by atoms with E-state index in [9.17, 15) is 24.3 Å². The maximum Gasteiger partial charge on any atom is 0.407 e. The van der Waals surface area contributed by atoms with Gasteiger partial charge in [0.1, 0.15) is 19.3 Å². The number of aliphatic hydroxyl groups excluding tert-OH is 1. The molecular weight excluding hydrogens is 695 g/mol. The number of alkyl carbamates (subject to hydrolysis) is 1. The maximum atomic E-state index is 13.7. The Morgan fingerprint density at radius 1 is 0.745 bits per heavy atom. The first-order valence-corrected chi connectivity index (χ1v) is 18.6. The lowest BCUT2D eigenvalue weighted by Crippen LogP contribution is -2.44. The Kier molecular flexibility index (Phi) is 14.9. The molecular formula is C45H49N3O7. The van der Waals surface area contributed by atoms with Gasteiger partial charge in [0.15, 0.2) is 0 Å². The second kappa shape index (κ2) is 20.5. The van der Waals surface area contributed by atoms with Crippen molar-refractivity contribution in [3.05, 3.63) is 157 Å². The number of rotatable bonds is 20. The summed E-state index contributed by atoms with van der Waals surface area (Å²) in [6, 6.07) is 32.3. The number of esters is 1. The molecule has 55 heavy (non-hydrogen) atoms. The van der Waals surface area contributed by atoms with E-state index in [4.69, 9.17) is 9.47 Å². The van der Waals surface area contributed by atoms with Crippen LogP contribution in [0.3, 0.4) is 0 Å². The molecule has 10 heteroatoms. The van der Waals surface area contributed by atoms with Gasteiger partial charge < -0.3 is 30.5 Å². The molecule has 0 radical (unpaired) electrons. The minimum Gasteiger partial charge on any atom is -0.462 e. The Morgan fingerprint density at radius 2 is 1.36 bits per heavy atom. The standard InChI is InChI=1S/C45H49N3O7/c1-3-5-25-40(48-45(53)55-29-39-37-23-14-12-21-35(37)36-22-13-15-24-38(36)39)44(52)54-30-41(32-19-10-7-11-20-32)47-43(51)33(16-4-2)27-42(50)46-34(28-49)26-31-17-8-6-9-18-31/h3-4,6-15,17-24,33-34,39-41,49H,1-2,5,16,25-30H2,(H,46,50)(H,47,51)(H,48,53)/t33-,34+,40-,41-/m0/s1. The number of benzene rings is 4. The predicted octanol–water partition coefficient (Wildman–Crippen LogP) is 6.56. The summed E-state index contributed by atoms with van der Waals surface area (Å²) in [6.45, 7) is 7.11. The quantitative estimate of drug-likeness (QED) is 0.0593. The van der Waals surface area contributed by atoms with Crippen LogP contribution in [0.15, 0.2) is 135 Å². The molecule has 0 heterocycles. The largest absolute Gasteiger partial charge is 0.462 e. The Hall–Kier alpha value is -6.00. The van der Waals surface area contributed by atoms with E-state index < -0.39 is 42.0 Å². The molecule has 3 amide bonds. The van der Waals surface area contributed by atoms with Gasteiger partial charge in [-0.05, 0) is 59.1 Å². The average Bonchev–Trinajstić information content (AvgIpc) is 3.53. The van der Waals surface area contributed by atoms with Crippen LogP contribution in [0.2, 0.25) is 0 Å². The SMILES string of the molecule is C=CCC[C@H](NC(=O)OCC1c2ccccc2-c2ccccc21)C(=O)OC[C@H](NC(=O)[C@@H](CC=C)CC(=O)N[C@@H](CO)Cc1ccccc1)c1ccccc1. The fourth-order valence-corrected chi connectivity index (χ4v) is 6.83. The van der Waals surface area contributed by atoms with Crippen molar-refractivity contribution in [1.29, 1.82) is 0 Å². The van der Waals surface area contributed by atoms with Crippen molar-refractivity contribution in [2.75, 3.05) is 19.8 Å². The number of carbonyl (C=O) groups excluding carboxylic acids is 4. The maximum absolute atomic E-state index is 13.7. The molecule has 0 aromatic heterocycles. The number of aliphatic hydroxyl groups is 1.